The minimum Gasteiger partial charge on any atom is -0.494 e. The lowest BCUT2D eigenvalue weighted by atomic mass is 9.87. The number of ether oxygens (including phenoxy) is 2. The van der Waals surface area contributed by atoms with Crippen LogP contribution in [0.3, 0.4) is 0 Å². The Kier molecular flexibility index (Phi) is 4.22. The fraction of sp³-hybridized carbons (Fsp3) is 0.350. The van der Waals surface area contributed by atoms with Gasteiger partial charge in [0.05, 0.1) is 6.61 Å². The predicted molar refractivity (Wildman–Crippen MR) is 93.9 cm³/mol. The third-order valence-electron chi connectivity index (χ3n) is 4.51. The van der Waals surface area contributed by atoms with E-state index in [4.69, 9.17) is 15.2 Å². The number of hydrogen-bond acceptors (Lipinski definition) is 3. The van der Waals surface area contributed by atoms with Gasteiger partial charge in [-0.3, -0.25) is 0 Å². The van der Waals surface area contributed by atoms with Crippen LogP contribution < -0.4 is 10.5 Å². The third-order valence-corrected chi connectivity index (χ3v) is 4.51. The highest BCUT2D eigenvalue weighted by Gasteiger charge is 2.41. The summed E-state index contributed by atoms with van der Waals surface area (Å²) in [5, 5.41) is 0. The Morgan fingerprint density at radius 3 is 2.46 bits per heavy atom. The second-order valence-corrected chi connectivity index (χ2v) is 6.85. The van der Waals surface area contributed by atoms with Gasteiger partial charge in [-0.15, -0.1) is 0 Å². The molecule has 0 heterocycles. The fourth-order valence-corrected chi connectivity index (χ4v) is 3.45. The summed E-state index contributed by atoms with van der Waals surface area (Å²) in [6.45, 7) is 6.82. The summed E-state index contributed by atoms with van der Waals surface area (Å²) in [7, 11) is 0. The second kappa shape index (κ2) is 6.19. The number of fused-ring (bicyclic) bond motifs is 1. The summed E-state index contributed by atoms with van der Waals surface area (Å²) in [6.07, 6.45) is -0.165. The molecule has 4 nitrogen and oxygen atoms in total. The zero-order valence-electron chi connectivity index (χ0n) is 14.3. The van der Waals surface area contributed by atoms with Gasteiger partial charge in [0.25, 0.3) is 0 Å². The molecule has 1 unspecified atom stereocenters. The minimum absolute atomic E-state index is 0.158. The van der Waals surface area contributed by atoms with Crippen LogP contribution in [0, 0.1) is 5.41 Å². The van der Waals surface area contributed by atoms with Crippen LogP contribution in [0.4, 0.5) is 4.79 Å². The van der Waals surface area contributed by atoms with Crippen molar-refractivity contribution in [2.45, 2.75) is 33.3 Å². The number of carbonyl (C=O) groups is 1. The normalized spacial score (nSPS) is 18.0. The minimum atomic E-state index is -0.725. The highest BCUT2D eigenvalue weighted by molar-refractivity contribution is 5.68. The second-order valence-electron chi connectivity index (χ2n) is 6.85. The molecule has 0 saturated heterocycles. The fourth-order valence-electron chi connectivity index (χ4n) is 3.45. The van der Waals surface area contributed by atoms with Gasteiger partial charge in [0.15, 0.2) is 0 Å². The summed E-state index contributed by atoms with van der Waals surface area (Å²) in [4.78, 5) is 11.2. The van der Waals surface area contributed by atoms with E-state index >= 15 is 0 Å². The summed E-state index contributed by atoms with van der Waals surface area (Å²) >= 11 is 0. The Labute approximate surface area is 142 Å². The highest BCUT2D eigenvalue weighted by atomic mass is 16.6. The molecule has 0 aliphatic heterocycles. The largest absolute Gasteiger partial charge is 0.494 e. The van der Waals surface area contributed by atoms with Crippen LogP contribution in [0.25, 0.3) is 11.1 Å². The van der Waals surface area contributed by atoms with E-state index < -0.39 is 6.09 Å². The maximum Gasteiger partial charge on any atom is 0.405 e. The number of carbonyl (C=O) groups excluding carboxylic acids is 1. The molecular weight excluding hydrogens is 302 g/mol. The van der Waals surface area contributed by atoms with Gasteiger partial charge in [0.1, 0.15) is 11.9 Å². The van der Waals surface area contributed by atoms with E-state index in [2.05, 4.69) is 38.1 Å². The molecule has 1 aliphatic rings. The first-order chi connectivity index (χ1) is 11.4. The van der Waals surface area contributed by atoms with Crippen molar-refractivity contribution in [3.63, 3.8) is 0 Å². The van der Waals surface area contributed by atoms with Gasteiger partial charge in [-0.2, -0.15) is 0 Å². The molecule has 0 radical (unpaired) electrons. The highest BCUT2D eigenvalue weighted by Crippen LogP contribution is 2.48. The number of rotatable bonds is 4. The third kappa shape index (κ3) is 3.09. The number of nitrogens with two attached hydrogens (primary N) is 1. The Morgan fingerprint density at radius 1 is 1.17 bits per heavy atom. The average molecular weight is 325 g/mol. The number of primary amides is 1. The molecule has 2 N–H and O–H groups in total. The van der Waals surface area contributed by atoms with Crippen LogP contribution in [-0.4, -0.2) is 12.7 Å². The van der Waals surface area contributed by atoms with Gasteiger partial charge in [-0.05, 0) is 47.7 Å². The first kappa shape index (κ1) is 16.4. The quantitative estimate of drug-likeness (QED) is 0.902. The number of amides is 1. The van der Waals surface area contributed by atoms with E-state index in [1.165, 1.54) is 5.56 Å². The van der Waals surface area contributed by atoms with Gasteiger partial charge in [-0.25, -0.2) is 4.79 Å². The summed E-state index contributed by atoms with van der Waals surface area (Å²) in [6, 6.07) is 14.4. The number of benzene rings is 2. The molecule has 0 bridgehead atoms. The Morgan fingerprint density at radius 2 is 1.83 bits per heavy atom. The first-order valence-electron chi connectivity index (χ1n) is 8.23. The van der Waals surface area contributed by atoms with Crippen molar-refractivity contribution < 1.29 is 14.3 Å². The molecule has 0 fully saturated rings. The van der Waals surface area contributed by atoms with Crippen LogP contribution in [0.2, 0.25) is 0 Å². The molecule has 1 aliphatic carbocycles. The first-order valence-corrected chi connectivity index (χ1v) is 8.23. The van der Waals surface area contributed by atoms with Crippen molar-refractivity contribution in [2.75, 3.05) is 6.61 Å². The van der Waals surface area contributed by atoms with Crippen molar-refractivity contribution in [3.05, 3.63) is 53.6 Å². The smallest absolute Gasteiger partial charge is 0.405 e. The maximum absolute atomic E-state index is 11.2. The Bertz CT molecular complexity index is 750. The van der Waals surface area contributed by atoms with Crippen LogP contribution >= 0.6 is 0 Å². The van der Waals surface area contributed by atoms with Crippen molar-refractivity contribution in [2.24, 2.45) is 11.1 Å². The molecule has 1 amide bonds. The molecule has 0 aromatic heterocycles. The molecule has 2 aromatic carbocycles. The number of hydrogen-bond donors (Lipinski definition) is 1. The SMILES string of the molecule is CCOc1ccc(-c2ccc3c(c2)CC(C)(C)C3OC(N)=O)cc1. The zero-order chi connectivity index (χ0) is 17.3. The standard InChI is InChI=1S/C20H23NO3/c1-4-23-16-8-5-13(6-9-16)14-7-10-17-15(11-14)12-20(2,3)18(17)24-19(21)22/h5-11,18H,4,12H2,1-3H3,(H2,21,22). The van der Waals surface area contributed by atoms with E-state index in [1.807, 2.05) is 25.1 Å². The van der Waals surface area contributed by atoms with Gasteiger partial charge < -0.3 is 15.2 Å². The van der Waals surface area contributed by atoms with Crippen molar-refractivity contribution in [1.82, 2.24) is 0 Å². The molecule has 1 atom stereocenters. The molecule has 3 rings (SSSR count). The van der Waals surface area contributed by atoms with Gasteiger partial charge in [0.2, 0.25) is 0 Å². The van der Waals surface area contributed by atoms with E-state index in [-0.39, 0.29) is 11.5 Å². The van der Waals surface area contributed by atoms with Crippen LogP contribution in [0.15, 0.2) is 42.5 Å². The monoisotopic (exact) mass is 325 g/mol. The Hall–Kier alpha value is -2.49. The average Bonchev–Trinajstić information content (AvgIpc) is 2.77. The lowest BCUT2D eigenvalue weighted by Crippen LogP contribution is -2.25. The molecule has 4 heteroatoms. The molecule has 2 aromatic rings. The van der Waals surface area contributed by atoms with Crippen molar-refractivity contribution >= 4 is 6.09 Å². The van der Waals surface area contributed by atoms with Crippen LogP contribution in [0.1, 0.15) is 38.0 Å². The summed E-state index contributed by atoms with van der Waals surface area (Å²) in [5.74, 6) is 0.874. The zero-order valence-corrected chi connectivity index (χ0v) is 14.3. The van der Waals surface area contributed by atoms with E-state index in [0.717, 1.165) is 28.9 Å². The molecule has 0 saturated carbocycles. The van der Waals surface area contributed by atoms with E-state index in [1.54, 1.807) is 0 Å². The van der Waals surface area contributed by atoms with Gasteiger partial charge in [-0.1, -0.05) is 44.2 Å². The van der Waals surface area contributed by atoms with Crippen LogP contribution in [0.5, 0.6) is 5.75 Å². The lowest BCUT2D eigenvalue weighted by molar-refractivity contribution is 0.0392. The molecule has 126 valence electrons. The Balaban J connectivity index is 1.91. The van der Waals surface area contributed by atoms with E-state index in [9.17, 15) is 4.79 Å². The van der Waals surface area contributed by atoms with Gasteiger partial charge >= 0.3 is 6.09 Å². The molecule has 24 heavy (non-hydrogen) atoms. The van der Waals surface area contributed by atoms with Crippen molar-refractivity contribution in [3.8, 4) is 16.9 Å². The predicted octanol–water partition coefficient (Wildman–Crippen LogP) is 4.47. The van der Waals surface area contributed by atoms with Crippen molar-refractivity contribution in [1.29, 1.82) is 0 Å². The topological polar surface area (TPSA) is 61.6 Å². The van der Waals surface area contributed by atoms with Crippen LogP contribution in [-0.2, 0) is 11.2 Å². The van der Waals surface area contributed by atoms with E-state index in [0.29, 0.717) is 6.61 Å². The summed E-state index contributed by atoms with van der Waals surface area (Å²) in [5.41, 5.74) is 9.62. The summed E-state index contributed by atoms with van der Waals surface area (Å²) < 4.78 is 10.9. The molecular formula is C20H23NO3. The lowest BCUT2D eigenvalue weighted by Gasteiger charge is -2.26. The maximum atomic E-state index is 11.2. The molecule has 0 spiro atoms. The van der Waals surface area contributed by atoms with Gasteiger partial charge in [0, 0.05) is 5.41 Å².